The maximum atomic E-state index is 12.9. The predicted molar refractivity (Wildman–Crippen MR) is 216 cm³/mol. The molecule has 0 bridgehead atoms. The van der Waals surface area contributed by atoms with Crippen LogP contribution in [0.25, 0.3) is 0 Å². The summed E-state index contributed by atoms with van der Waals surface area (Å²) >= 11 is 5.97. The molecule has 4 unspecified atom stereocenters. The first-order chi connectivity index (χ1) is 26.7. The number of nitrogen functional groups attached to an aromatic ring is 2. The number of hydrogen-bond acceptors (Lipinski definition) is 13. The number of hydrogen-bond donors (Lipinski definition) is 10. The van der Waals surface area contributed by atoms with Gasteiger partial charge in [-0.15, -0.1) is 0 Å². The molecule has 16 nitrogen and oxygen atoms in total. The number of nitrogens with zero attached hydrogens (tertiary/aromatic N) is 3. The zero-order valence-electron chi connectivity index (χ0n) is 32.5. The molecule has 0 aliphatic carbocycles. The topological polar surface area (TPSA) is 270 Å². The quantitative estimate of drug-likeness (QED) is 0.0613. The molecular formula is C39H59ClN8O8. The molecule has 0 radical (unpaired) electrons. The van der Waals surface area contributed by atoms with E-state index in [0.717, 1.165) is 43.7 Å². The summed E-state index contributed by atoms with van der Waals surface area (Å²) in [5, 5.41) is 56.0. The normalized spacial score (nSPS) is 13.2. The highest BCUT2D eigenvalue weighted by Gasteiger charge is 2.26. The van der Waals surface area contributed by atoms with Gasteiger partial charge in [0, 0.05) is 51.8 Å². The van der Waals surface area contributed by atoms with Gasteiger partial charge in [0.1, 0.15) is 12.2 Å². The third-order valence-corrected chi connectivity index (χ3v) is 9.16. The molecule has 0 fully saturated rings. The Labute approximate surface area is 333 Å². The summed E-state index contributed by atoms with van der Waals surface area (Å²) < 4.78 is 0. The molecule has 3 aromatic rings. The zero-order valence-corrected chi connectivity index (χ0v) is 33.2. The number of aliphatic hydroxyl groups excluding tert-OH is 4. The number of rotatable bonds is 23. The van der Waals surface area contributed by atoms with Crippen LogP contribution in [-0.2, 0) is 17.8 Å². The SMILES string of the molecule is CC(=O)O.CCCCCCN(CCNC(=O)c1ccc(CNCC(CNC(=O)c2nc(Cl)c(N)nc2N)Cc2ccccc2C)cc1)CC(O)C(O)C(O)CO. The number of anilines is 2. The number of carbonyl (C=O) groups is 3. The monoisotopic (exact) mass is 802 g/mol. The molecule has 2 amide bonds. The van der Waals surface area contributed by atoms with Crippen molar-refractivity contribution in [1.82, 2.24) is 30.8 Å². The van der Waals surface area contributed by atoms with Crippen LogP contribution in [-0.4, -0.2) is 122 Å². The molecule has 56 heavy (non-hydrogen) atoms. The molecule has 3 rings (SSSR count). The Kier molecular flexibility index (Phi) is 21.9. The van der Waals surface area contributed by atoms with Crippen molar-refractivity contribution in [3.63, 3.8) is 0 Å². The Balaban J connectivity index is 0.00000258. The van der Waals surface area contributed by atoms with Crippen LogP contribution in [0, 0.1) is 12.8 Å². The molecule has 0 saturated heterocycles. The first-order valence-corrected chi connectivity index (χ1v) is 19.1. The highest BCUT2D eigenvalue weighted by atomic mass is 35.5. The summed E-state index contributed by atoms with van der Waals surface area (Å²) in [5.41, 5.74) is 15.2. The van der Waals surface area contributed by atoms with E-state index in [1.165, 1.54) is 5.56 Å². The van der Waals surface area contributed by atoms with E-state index in [4.69, 9.17) is 38.1 Å². The first kappa shape index (κ1) is 47.7. The number of nitrogens with one attached hydrogen (secondary N) is 3. The number of aryl methyl sites for hydroxylation is 1. The van der Waals surface area contributed by atoms with Crippen molar-refractivity contribution in [2.75, 3.05) is 57.3 Å². The molecule has 0 aliphatic heterocycles. The number of halogens is 1. The standard InChI is InChI=1S/C37H55ClN8O6.C2H4O2/c1-3-4-5-8-16-46(22-29(48)32(50)30(49)23-47)17-15-42-36(51)27-13-11-25(12-14-27)19-41-20-26(18-28-10-7-6-9-24(28)2)21-43-37(52)31-34(39)45-35(40)33(38)44-31;1-2(3)4/h6-7,9-14,26,29-30,32,41,47-50H,3-5,8,15-23H2,1-2H3,(H,42,51)(H,43,52)(H4,39,40,45);1H3,(H,3,4). The van der Waals surface area contributed by atoms with E-state index in [9.17, 15) is 24.9 Å². The zero-order chi connectivity index (χ0) is 41.6. The van der Waals surface area contributed by atoms with E-state index >= 15 is 0 Å². The van der Waals surface area contributed by atoms with Crippen molar-refractivity contribution < 1.29 is 39.9 Å². The number of aliphatic hydroxyl groups is 4. The van der Waals surface area contributed by atoms with Crippen LogP contribution in [0.1, 0.15) is 77.1 Å². The van der Waals surface area contributed by atoms with Gasteiger partial charge in [0.15, 0.2) is 22.5 Å². The van der Waals surface area contributed by atoms with Crippen LogP contribution in [0.15, 0.2) is 48.5 Å². The van der Waals surface area contributed by atoms with Crippen LogP contribution < -0.4 is 27.4 Å². The van der Waals surface area contributed by atoms with Crippen molar-refractivity contribution >= 4 is 41.0 Å². The maximum absolute atomic E-state index is 12.9. The van der Waals surface area contributed by atoms with Crippen molar-refractivity contribution in [2.45, 2.75) is 77.7 Å². The fourth-order valence-electron chi connectivity index (χ4n) is 5.71. The van der Waals surface area contributed by atoms with E-state index in [1.54, 1.807) is 12.1 Å². The minimum Gasteiger partial charge on any atom is -0.481 e. The summed E-state index contributed by atoms with van der Waals surface area (Å²) in [6.07, 6.45) is 0.651. The van der Waals surface area contributed by atoms with Gasteiger partial charge in [-0.3, -0.25) is 19.3 Å². The van der Waals surface area contributed by atoms with E-state index in [2.05, 4.69) is 51.9 Å². The van der Waals surface area contributed by atoms with Gasteiger partial charge >= 0.3 is 0 Å². The average Bonchev–Trinajstić information content (AvgIpc) is 3.16. The minimum absolute atomic E-state index is 0.0175. The average molecular weight is 803 g/mol. The lowest BCUT2D eigenvalue weighted by Gasteiger charge is -2.29. The lowest BCUT2D eigenvalue weighted by atomic mass is 9.95. The fourth-order valence-corrected chi connectivity index (χ4v) is 5.84. The van der Waals surface area contributed by atoms with E-state index in [-0.39, 0.29) is 40.9 Å². The van der Waals surface area contributed by atoms with Gasteiger partial charge in [0.05, 0.1) is 12.7 Å². The molecule has 0 saturated carbocycles. The molecule has 310 valence electrons. The first-order valence-electron chi connectivity index (χ1n) is 18.7. The van der Waals surface area contributed by atoms with Crippen LogP contribution in [0.2, 0.25) is 5.15 Å². The van der Waals surface area contributed by atoms with Gasteiger partial charge < -0.3 is 53.0 Å². The third kappa shape index (κ3) is 17.6. The highest BCUT2D eigenvalue weighted by molar-refractivity contribution is 6.31. The molecule has 12 N–H and O–H groups in total. The number of carbonyl (C=O) groups excluding carboxylic acids is 2. The summed E-state index contributed by atoms with van der Waals surface area (Å²) in [6, 6.07) is 15.4. The Hall–Kier alpha value is -4.42. The summed E-state index contributed by atoms with van der Waals surface area (Å²) in [6.45, 7) is 7.59. The second-order valence-corrected chi connectivity index (χ2v) is 14.0. The number of amides is 2. The summed E-state index contributed by atoms with van der Waals surface area (Å²) in [5.74, 6) is -1.69. The van der Waals surface area contributed by atoms with E-state index in [0.29, 0.717) is 51.3 Å². The number of carboxylic acids is 1. The second-order valence-electron chi connectivity index (χ2n) is 13.6. The van der Waals surface area contributed by atoms with Gasteiger partial charge in [-0.05, 0) is 61.1 Å². The molecule has 0 spiro atoms. The van der Waals surface area contributed by atoms with E-state index in [1.807, 2.05) is 29.2 Å². The van der Waals surface area contributed by atoms with Crippen molar-refractivity contribution in [3.05, 3.63) is 81.6 Å². The minimum atomic E-state index is -1.47. The molecule has 17 heteroatoms. The summed E-state index contributed by atoms with van der Waals surface area (Å²) in [4.78, 5) is 44.7. The van der Waals surface area contributed by atoms with Crippen LogP contribution >= 0.6 is 11.6 Å². The predicted octanol–water partition coefficient (Wildman–Crippen LogP) is 1.76. The lowest BCUT2D eigenvalue weighted by Crippen LogP contribution is -2.47. The van der Waals surface area contributed by atoms with Crippen LogP contribution in [0.3, 0.4) is 0 Å². The van der Waals surface area contributed by atoms with Gasteiger partial charge in [0.25, 0.3) is 17.8 Å². The van der Waals surface area contributed by atoms with Gasteiger partial charge in [-0.1, -0.05) is 74.2 Å². The van der Waals surface area contributed by atoms with Gasteiger partial charge in [-0.25, -0.2) is 9.97 Å². The van der Waals surface area contributed by atoms with Crippen LogP contribution in [0.5, 0.6) is 0 Å². The molecular weight excluding hydrogens is 744 g/mol. The number of aromatic nitrogens is 2. The molecule has 1 heterocycles. The van der Waals surface area contributed by atoms with Gasteiger partial charge in [0.2, 0.25) is 0 Å². The van der Waals surface area contributed by atoms with Gasteiger partial charge in [-0.2, -0.15) is 0 Å². The molecule has 0 aliphatic rings. The van der Waals surface area contributed by atoms with Crippen molar-refractivity contribution in [1.29, 1.82) is 0 Å². The third-order valence-electron chi connectivity index (χ3n) is 8.88. The summed E-state index contributed by atoms with van der Waals surface area (Å²) in [7, 11) is 0. The Morgan fingerprint density at radius 3 is 2.20 bits per heavy atom. The fraction of sp³-hybridized carbons (Fsp3) is 0.513. The maximum Gasteiger partial charge on any atom is 0.300 e. The number of aliphatic carboxylic acids is 1. The Morgan fingerprint density at radius 2 is 1.55 bits per heavy atom. The van der Waals surface area contributed by atoms with Crippen LogP contribution in [0.4, 0.5) is 11.6 Å². The molecule has 4 atom stereocenters. The van der Waals surface area contributed by atoms with Crippen molar-refractivity contribution in [3.8, 4) is 0 Å². The number of nitrogens with two attached hydrogens (primary N) is 2. The Morgan fingerprint density at radius 1 is 0.875 bits per heavy atom. The molecule has 1 aromatic heterocycles. The number of carboxylic acid groups (broad SMARTS) is 1. The van der Waals surface area contributed by atoms with Crippen molar-refractivity contribution in [2.24, 2.45) is 5.92 Å². The highest BCUT2D eigenvalue weighted by Crippen LogP contribution is 2.18. The smallest absolute Gasteiger partial charge is 0.300 e. The second kappa shape index (κ2) is 25.7. The lowest BCUT2D eigenvalue weighted by molar-refractivity contribution is -0.134. The number of unbranched alkanes of at least 4 members (excludes halogenated alkanes) is 3. The largest absolute Gasteiger partial charge is 0.481 e. The Bertz CT molecular complexity index is 1650. The number of benzene rings is 2. The molecule has 2 aromatic carbocycles. The van der Waals surface area contributed by atoms with E-state index < -0.39 is 36.8 Å².